The number of aliphatic hydroxyl groups excluding tert-OH is 1. The minimum Gasteiger partial charge on any atom is -0.481 e. The number of rotatable bonds is 10. The van der Waals surface area contributed by atoms with Gasteiger partial charge < -0.3 is 31.7 Å². The van der Waals surface area contributed by atoms with Crippen molar-refractivity contribution >= 4 is 23.8 Å². The lowest BCUT2D eigenvalue weighted by Crippen LogP contribution is -2.56. The van der Waals surface area contributed by atoms with Crippen molar-refractivity contribution in [1.29, 1.82) is 0 Å². The molecule has 0 aliphatic carbocycles. The number of nitrogens with one attached hydrogen (secondary N) is 2. The number of carbonyl (C=O) groups excluding carboxylic acids is 2. The summed E-state index contributed by atoms with van der Waals surface area (Å²) in [7, 11) is 0. The van der Waals surface area contributed by atoms with Crippen molar-refractivity contribution in [3.63, 3.8) is 0 Å². The number of aliphatic carboxylic acids is 2. The number of carboxylic acids is 2. The second kappa shape index (κ2) is 10.1. The van der Waals surface area contributed by atoms with Gasteiger partial charge in [-0.25, -0.2) is 4.79 Å². The van der Waals surface area contributed by atoms with E-state index in [1.807, 2.05) is 0 Å². The average molecular weight is 367 g/mol. The third-order valence-corrected chi connectivity index (χ3v) is 3.44. The van der Waals surface area contributed by atoms with E-state index in [2.05, 4.69) is 10.6 Å². The highest BCUT2D eigenvalue weighted by Gasteiger charge is 2.28. The first-order valence-electron chi connectivity index (χ1n) is 7.70. The Balaban J connectivity index is 2.90. The van der Waals surface area contributed by atoms with Crippen molar-refractivity contribution in [3.8, 4) is 0 Å². The van der Waals surface area contributed by atoms with Gasteiger partial charge >= 0.3 is 11.9 Å². The number of aliphatic hydroxyl groups is 1. The smallest absolute Gasteiger partial charge is 0.328 e. The fourth-order valence-electron chi connectivity index (χ4n) is 2.08. The molecule has 1 aromatic carbocycles. The Morgan fingerprint density at radius 1 is 0.962 bits per heavy atom. The lowest BCUT2D eigenvalue weighted by molar-refractivity contribution is -0.143. The van der Waals surface area contributed by atoms with E-state index in [1.54, 1.807) is 30.3 Å². The lowest BCUT2D eigenvalue weighted by atomic mass is 10.0. The molecular formula is C16H21N3O7. The quantitative estimate of drug-likeness (QED) is 0.277. The zero-order valence-corrected chi connectivity index (χ0v) is 13.8. The molecule has 0 aromatic heterocycles. The Morgan fingerprint density at radius 2 is 1.54 bits per heavy atom. The summed E-state index contributed by atoms with van der Waals surface area (Å²) in [5, 5.41) is 31.1. The average Bonchev–Trinajstić information content (AvgIpc) is 2.58. The van der Waals surface area contributed by atoms with Gasteiger partial charge in [0, 0.05) is 6.42 Å². The van der Waals surface area contributed by atoms with Crippen LogP contribution < -0.4 is 16.4 Å². The van der Waals surface area contributed by atoms with Crippen LogP contribution in [0.25, 0.3) is 0 Å². The maximum Gasteiger partial charge on any atom is 0.328 e. The van der Waals surface area contributed by atoms with Crippen molar-refractivity contribution in [2.45, 2.75) is 31.0 Å². The number of hydrogen-bond acceptors (Lipinski definition) is 6. The lowest BCUT2D eigenvalue weighted by Gasteiger charge is -2.22. The van der Waals surface area contributed by atoms with Crippen LogP contribution in [-0.2, 0) is 25.6 Å². The van der Waals surface area contributed by atoms with E-state index in [-0.39, 0.29) is 6.42 Å². The normalized spacial score (nSPS) is 13.9. The Bertz CT molecular complexity index is 651. The van der Waals surface area contributed by atoms with E-state index in [0.717, 1.165) is 0 Å². The van der Waals surface area contributed by atoms with Gasteiger partial charge in [0.15, 0.2) is 0 Å². The SMILES string of the molecule is NC(CC(=O)O)C(=O)NC(Cc1ccccc1)C(=O)NC(CO)C(=O)O. The number of carboxylic acid groups (broad SMARTS) is 2. The first-order valence-corrected chi connectivity index (χ1v) is 7.70. The highest BCUT2D eigenvalue weighted by atomic mass is 16.4. The zero-order chi connectivity index (χ0) is 19.7. The van der Waals surface area contributed by atoms with Gasteiger partial charge in [-0.15, -0.1) is 0 Å². The molecule has 0 heterocycles. The maximum absolute atomic E-state index is 12.3. The number of amides is 2. The van der Waals surface area contributed by atoms with Crippen LogP contribution in [0.3, 0.4) is 0 Å². The molecule has 0 aliphatic heterocycles. The molecule has 3 atom stereocenters. The standard InChI is InChI=1S/C16H21N3O7/c17-10(7-13(21)22)14(23)18-11(6-9-4-2-1-3-5-9)15(24)19-12(8-20)16(25)26/h1-5,10-12,20H,6-8,17H2,(H,18,23)(H,19,24)(H,21,22)(H,25,26). The summed E-state index contributed by atoms with van der Waals surface area (Å²) in [6.45, 7) is -0.828. The van der Waals surface area contributed by atoms with Gasteiger partial charge in [-0.05, 0) is 5.56 Å². The predicted octanol–water partition coefficient (Wildman–Crippen LogP) is -1.92. The molecule has 0 radical (unpaired) electrons. The molecule has 142 valence electrons. The van der Waals surface area contributed by atoms with Crippen LogP contribution in [0.5, 0.6) is 0 Å². The van der Waals surface area contributed by atoms with E-state index in [1.165, 1.54) is 0 Å². The van der Waals surface area contributed by atoms with Crippen molar-refractivity contribution < 1.29 is 34.5 Å². The summed E-state index contributed by atoms with van der Waals surface area (Å²) < 4.78 is 0. The molecule has 0 spiro atoms. The molecular weight excluding hydrogens is 346 g/mol. The second-order valence-corrected chi connectivity index (χ2v) is 5.54. The van der Waals surface area contributed by atoms with Crippen LogP contribution in [0.2, 0.25) is 0 Å². The van der Waals surface area contributed by atoms with E-state index < -0.39 is 54.9 Å². The van der Waals surface area contributed by atoms with E-state index in [0.29, 0.717) is 5.56 Å². The van der Waals surface area contributed by atoms with E-state index in [9.17, 15) is 19.2 Å². The van der Waals surface area contributed by atoms with Gasteiger partial charge in [0.1, 0.15) is 12.1 Å². The fourth-order valence-corrected chi connectivity index (χ4v) is 2.08. The molecule has 2 amide bonds. The summed E-state index contributed by atoms with van der Waals surface area (Å²) in [4.78, 5) is 46.0. The largest absolute Gasteiger partial charge is 0.481 e. The molecule has 1 rings (SSSR count). The zero-order valence-electron chi connectivity index (χ0n) is 13.8. The molecule has 26 heavy (non-hydrogen) atoms. The van der Waals surface area contributed by atoms with Gasteiger partial charge in [0.2, 0.25) is 11.8 Å². The number of benzene rings is 1. The minimum absolute atomic E-state index is 0.0238. The topological polar surface area (TPSA) is 179 Å². The summed E-state index contributed by atoms with van der Waals surface area (Å²) in [5.41, 5.74) is 6.15. The predicted molar refractivity (Wildman–Crippen MR) is 89.0 cm³/mol. The van der Waals surface area contributed by atoms with Crippen molar-refractivity contribution in [2.75, 3.05) is 6.61 Å². The molecule has 10 heteroatoms. The molecule has 0 saturated heterocycles. The van der Waals surface area contributed by atoms with Crippen LogP contribution in [0.4, 0.5) is 0 Å². The highest BCUT2D eigenvalue weighted by molar-refractivity contribution is 5.93. The van der Waals surface area contributed by atoms with Crippen molar-refractivity contribution in [2.24, 2.45) is 5.73 Å². The van der Waals surface area contributed by atoms with Gasteiger partial charge in [-0.2, -0.15) is 0 Å². The van der Waals surface area contributed by atoms with Gasteiger partial charge in [0.25, 0.3) is 0 Å². The highest BCUT2D eigenvalue weighted by Crippen LogP contribution is 2.05. The monoisotopic (exact) mass is 367 g/mol. The number of carbonyl (C=O) groups is 4. The van der Waals surface area contributed by atoms with Gasteiger partial charge in [-0.1, -0.05) is 30.3 Å². The Morgan fingerprint density at radius 3 is 2.04 bits per heavy atom. The summed E-state index contributed by atoms with van der Waals surface area (Å²) in [6, 6.07) is 4.49. The molecule has 7 N–H and O–H groups in total. The molecule has 0 saturated carbocycles. The first-order chi connectivity index (χ1) is 12.2. The Labute approximate surface area is 149 Å². The van der Waals surface area contributed by atoms with E-state index in [4.69, 9.17) is 21.1 Å². The Kier molecular flexibility index (Phi) is 8.19. The van der Waals surface area contributed by atoms with Crippen molar-refractivity contribution in [1.82, 2.24) is 10.6 Å². The molecule has 0 fully saturated rings. The van der Waals surface area contributed by atoms with Gasteiger partial charge in [0.05, 0.1) is 19.1 Å². The molecule has 3 unspecified atom stereocenters. The van der Waals surface area contributed by atoms with Crippen LogP contribution in [0, 0.1) is 0 Å². The first kappa shape index (κ1) is 21.1. The van der Waals surface area contributed by atoms with Gasteiger partial charge in [-0.3, -0.25) is 14.4 Å². The summed E-state index contributed by atoms with van der Waals surface area (Å²) in [6.07, 6.45) is -0.601. The molecule has 0 bridgehead atoms. The van der Waals surface area contributed by atoms with E-state index >= 15 is 0 Å². The number of hydrogen-bond donors (Lipinski definition) is 6. The second-order valence-electron chi connectivity index (χ2n) is 5.54. The van der Waals surface area contributed by atoms with Crippen LogP contribution in [0.15, 0.2) is 30.3 Å². The minimum atomic E-state index is -1.54. The number of nitrogens with two attached hydrogens (primary N) is 1. The Hall–Kier alpha value is -2.98. The molecule has 0 aliphatic rings. The summed E-state index contributed by atoms with van der Waals surface area (Å²) >= 11 is 0. The molecule has 10 nitrogen and oxygen atoms in total. The molecule has 1 aromatic rings. The van der Waals surface area contributed by atoms with Crippen LogP contribution >= 0.6 is 0 Å². The third kappa shape index (κ3) is 6.87. The maximum atomic E-state index is 12.3. The van der Waals surface area contributed by atoms with Crippen LogP contribution in [0.1, 0.15) is 12.0 Å². The summed E-state index contributed by atoms with van der Waals surface area (Å²) in [5.74, 6) is -4.42. The fraction of sp³-hybridized carbons (Fsp3) is 0.375. The van der Waals surface area contributed by atoms with Crippen LogP contribution in [-0.4, -0.2) is 63.8 Å². The third-order valence-electron chi connectivity index (χ3n) is 3.44. The van der Waals surface area contributed by atoms with Crippen molar-refractivity contribution in [3.05, 3.63) is 35.9 Å².